The summed E-state index contributed by atoms with van der Waals surface area (Å²) in [5, 5.41) is 3.53. The summed E-state index contributed by atoms with van der Waals surface area (Å²) in [7, 11) is 1.66. The van der Waals surface area contributed by atoms with Crippen molar-refractivity contribution in [2.45, 2.75) is 39.3 Å². The van der Waals surface area contributed by atoms with E-state index in [0.29, 0.717) is 6.61 Å². The molecule has 4 heteroatoms. The number of benzene rings is 1. The number of nitrogens with one attached hydrogen (secondary N) is 1. The van der Waals surface area contributed by atoms with Crippen LogP contribution in [0.15, 0.2) is 30.9 Å². The smallest absolute Gasteiger partial charge is 0.161 e. The first-order valence-corrected chi connectivity index (χ1v) is 6.68. The Kier molecular flexibility index (Phi) is 8.35. The predicted octanol–water partition coefficient (Wildman–Crippen LogP) is 3.96. The summed E-state index contributed by atoms with van der Waals surface area (Å²) in [5.74, 6) is 1.51. The van der Waals surface area contributed by atoms with Gasteiger partial charge in [-0.15, -0.1) is 12.4 Å². The van der Waals surface area contributed by atoms with Crippen molar-refractivity contribution in [3.05, 3.63) is 36.4 Å². The van der Waals surface area contributed by atoms with Crippen molar-refractivity contribution in [3.8, 4) is 11.5 Å². The lowest BCUT2D eigenvalue weighted by Gasteiger charge is -2.24. The van der Waals surface area contributed by atoms with Gasteiger partial charge in [-0.25, -0.2) is 0 Å². The Morgan fingerprint density at radius 3 is 2.55 bits per heavy atom. The first-order valence-electron chi connectivity index (χ1n) is 6.68. The number of ether oxygens (including phenoxy) is 2. The largest absolute Gasteiger partial charge is 0.493 e. The maximum atomic E-state index is 5.54. The molecule has 0 bridgehead atoms. The minimum atomic E-state index is 0. The lowest BCUT2D eigenvalue weighted by molar-refractivity contribution is 0.325. The van der Waals surface area contributed by atoms with Gasteiger partial charge >= 0.3 is 0 Å². The van der Waals surface area contributed by atoms with E-state index in [1.807, 2.05) is 12.1 Å². The van der Waals surface area contributed by atoms with Crippen LogP contribution in [-0.4, -0.2) is 19.3 Å². The molecule has 0 aromatic heterocycles. The van der Waals surface area contributed by atoms with Gasteiger partial charge in [-0.3, -0.25) is 0 Å². The van der Waals surface area contributed by atoms with Gasteiger partial charge in [-0.05, 0) is 38.0 Å². The topological polar surface area (TPSA) is 30.5 Å². The van der Waals surface area contributed by atoms with E-state index < -0.39 is 0 Å². The molecule has 0 atom stereocenters. The van der Waals surface area contributed by atoms with Crippen molar-refractivity contribution in [3.63, 3.8) is 0 Å². The van der Waals surface area contributed by atoms with Crippen molar-refractivity contribution in [1.29, 1.82) is 0 Å². The van der Waals surface area contributed by atoms with Crippen molar-refractivity contribution in [1.82, 2.24) is 5.32 Å². The Balaban J connectivity index is 0.00000361. The second-order valence-electron chi connectivity index (χ2n) is 5.18. The molecule has 1 aromatic carbocycles. The monoisotopic (exact) mass is 299 g/mol. The standard InChI is InChI=1S/C16H25NO2.ClH/c1-6-10-19-14-9-8-13(11-15(14)18-5)12-17-16(3,4)7-2;/h6,8-9,11,17H,1,7,10,12H2,2-5H3;1H. The van der Waals surface area contributed by atoms with Crippen LogP contribution in [0.5, 0.6) is 11.5 Å². The highest BCUT2D eigenvalue weighted by molar-refractivity contribution is 5.85. The van der Waals surface area contributed by atoms with Crippen LogP contribution in [0.2, 0.25) is 0 Å². The highest BCUT2D eigenvalue weighted by Crippen LogP contribution is 2.28. The van der Waals surface area contributed by atoms with Gasteiger partial charge < -0.3 is 14.8 Å². The Labute approximate surface area is 128 Å². The molecule has 3 nitrogen and oxygen atoms in total. The molecule has 1 aromatic rings. The van der Waals surface area contributed by atoms with Gasteiger partial charge in [0.1, 0.15) is 6.61 Å². The SMILES string of the molecule is C=CCOc1ccc(CNC(C)(C)CC)cc1OC.Cl. The Morgan fingerprint density at radius 2 is 2.00 bits per heavy atom. The maximum absolute atomic E-state index is 5.54. The van der Waals surface area contributed by atoms with Gasteiger partial charge in [-0.2, -0.15) is 0 Å². The third-order valence-corrected chi connectivity index (χ3v) is 3.24. The highest BCUT2D eigenvalue weighted by atomic mass is 35.5. The van der Waals surface area contributed by atoms with Crippen LogP contribution in [-0.2, 0) is 6.54 Å². The molecular weight excluding hydrogens is 274 g/mol. The summed E-state index contributed by atoms with van der Waals surface area (Å²) < 4.78 is 10.9. The van der Waals surface area contributed by atoms with Crippen LogP contribution in [0, 0.1) is 0 Å². The molecule has 0 radical (unpaired) electrons. The van der Waals surface area contributed by atoms with E-state index in [-0.39, 0.29) is 17.9 Å². The lowest BCUT2D eigenvalue weighted by atomic mass is 10.0. The van der Waals surface area contributed by atoms with E-state index in [1.54, 1.807) is 13.2 Å². The molecular formula is C16H26ClNO2. The van der Waals surface area contributed by atoms with E-state index in [4.69, 9.17) is 9.47 Å². The molecule has 0 aliphatic heterocycles. The molecule has 0 fully saturated rings. The summed E-state index contributed by atoms with van der Waals surface area (Å²) in [4.78, 5) is 0. The zero-order valence-corrected chi connectivity index (χ0v) is 13.7. The lowest BCUT2D eigenvalue weighted by Crippen LogP contribution is -2.37. The molecule has 0 aliphatic rings. The van der Waals surface area contributed by atoms with Crippen molar-refractivity contribution >= 4 is 12.4 Å². The van der Waals surface area contributed by atoms with Gasteiger partial charge in [0, 0.05) is 12.1 Å². The number of halogens is 1. The molecule has 0 saturated heterocycles. The predicted molar refractivity (Wildman–Crippen MR) is 87.1 cm³/mol. The Bertz CT molecular complexity index is 419. The molecule has 0 amide bonds. The first-order chi connectivity index (χ1) is 9.02. The summed E-state index contributed by atoms with van der Waals surface area (Å²) >= 11 is 0. The maximum Gasteiger partial charge on any atom is 0.161 e. The van der Waals surface area contributed by atoms with Crippen LogP contribution in [0.25, 0.3) is 0 Å². The second kappa shape index (κ2) is 8.88. The number of methoxy groups -OCH3 is 1. The quantitative estimate of drug-likeness (QED) is 0.737. The van der Waals surface area contributed by atoms with Crippen LogP contribution in [0.4, 0.5) is 0 Å². The second-order valence-corrected chi connectivity index (χ2v) is 5.18. The van der Waals surface area contributed by atoms with E-state index in [0.717, 1.165) is 24.5 Å². The van der Waals surface area contributed by atoms with Gasteiger partial charge in [0.25, 0.3) is 0 Å². The zero-order chi connectivity index (χ0) is 14.3. The molecule has 1 rings (SSSR count). The van der Waals surface area contributed by atoms with E-state index in [2.05, 4.69) is 38.7 Å². The van der Waals surface area contributed by atoms with Crippen LogP contribution in [0.1, 0.15) is 32.8 Å². The number of rotatable bonds is 8. The Hall–Kier alpha value is -1.19. The van der Waals surface area contributed by atoms with E-state index in [9.17, 15) is 0 Å². The average molecular weight is 300 g/mol. The molecule has 1 N–H and O–H groups in total. The van der Waals surface area contributed by atoms with Gasteiger partial charge in [0.05, 0.1) is 7.11 Å². The zero-order valence-electron chi connectivity index (χ0n) is 12.9. The van der Waals surface area contributed by atoms with E-state index in [1.165, 1.54) is 5.56 Å². The third-order valence-electron chi connectivity index (χ3n) is 3.24. The average Bonchev–Trinajstić information content (AvgIpc) is 2.43. The minimum absolute atomic E-state index is 0. The van der Waals surface area contributed by atoms with Gasteiger partial charge in [-0.1, -0.05) is 25.6 Å². The summed E-state index contributed by atoms with van der Waals surface area (Å²) in [6.07, 6.45) is 2.81. The molecule has 0 aliphatic carbocycles. The molecule has 0 heterocycles. The van der Waals surface area contributed by atoms with Crippen LogP contribution >= 0.6 is 12.4 Å². The first kappa shape index (κ1) is 18.8. The molecule has 0 spiro atoms. The van der Waals surface area contributed by atoms with E-state index >= 15 is 0 Å². The van der Waals surface area contributed by atoms with Gasteiger partial charge in [0.2, 0.25) is 0 Å². The molecule has 114 valence electrons. The Morgan fingerprint density at radius 1 is 1.30 bits per heavy atom. The third kappa shape index (κ3) is 5.85. The van der Waals surface area contributed by atoms with Crippen LogP contribution in [0.3, 0.4) is 0 Å². The van der Waals surface area contributed by atoms with Crippen molar-refractivity contribution < 1.29 is 9.47 Å². The van der Waals surface area contributed by atoms with Crippen LogP contribution < -0.4 is 14.8 Å². The van der Waals surface area contributed by atoms with Gasteiger partial charge in [0.15, 0.2) is 11.5 Å². The summed E-state index contributed by atoms with van der Waals surface area (Å²) in [6.45, 7) is 11.5. The fraction of sp³-hybridized carbons (Fsp3) is 0.500. The van der Waals surface area contributed by atoms with Crippen molar-refractivity contribution in [2.24, 2.45) is 0 Å². The molecule has 0 saturated carbocycles. The van der Waals surface area contributed by atoms with Crippen molar-refractivity contribution in [2.75, 3.05) is 13.7 Å². The normalized spacial score (nSPS) is 10.6. The minimum Gasteiger partial charge on any atom is -0.493 e. The fourth-order valence-corrected chi connectivity index (χ4v) is 1.56. The fourth-order valence-electron chi connectivity index (χ4n) is 1.56. The molecule has 0 unspecified atom stereocenters. The molecule has 20 heavy (non-hydrogen) atoms. The number of hydrogen-bond acceptors (Lipinski definition) is 3. The number of hydrogen-bond donors (Lipinski definition) is 1. The summed E-state index contributed by atoms with van der Waals surface area (Å²) in [5.41, 5.74) is 1.33. The summed E-state index contributed by atoms with van der Waals surface area (Å²) in [6, 6.07) is 6.01. The highest BCUT2D eigenvalue weighted by Gasteiger charge is 2.14.